The van der Waals surface area contributed by atoms with E-state index in [4.69, 9.17) is 4.74 Å². The molecule has 0 saturated carbocycles. The molecule has 0 atom stereocenters. The third kappa shape index (κ3) is 3.37. The fraction of sp³-hybridized carbons (Fsp3) is 0.200. The molecule has 1 N–H and O–H groups in total. The van der Waals surface area contributed by atoms with Crippen molar-refractivity contribution in [2.24, 2.45) is 0 Å². The summed E-state index contributed by atoms with van der Waals surface area (Å²) in [5, 5.41) is 14.7. The predicted molar refractivity (Wildman–Crippen MR) is 118 cm³/mol. The molecule has 0 aromatic heterocycles. The van der Waals surface area contributed by atoms with Crippen LogP contribution in [-0.2, 0) is 0 Å². The fourth-order valence-corrected chi connectivity index (χ4v) is 4.31. The Morgan fingerprint density at radius 1 is 0.900 bits per heavy atom. The average Bonchev–Trinajstić information content (AvgIpc) is 3.09. The van der Waals surface area contributed by atoms with Crippen LogP contribution < -0.4 is 10.1 Å². The fourth-order valence-electron chi connectivity index (χ4n) is 4.31. The van der Waals surface area contributed by atoms with Crippen LogP contribution in [0.4, 0.5) is 5.69 Å². The van der Waals surface area contributed by atoms with Crippen LogP contribution in [0.1, 0.15) is 29.5 Å². The number of para-hydroxylation sites is 1. The maximum absolute atomic E-state index is 11.4. The van der Waals surface area contributed by atoms with Gasteiger partial charge in [0, 0.05) is 17.7 Å². The highest BCUT2D eigenvalue weighted by Gasteiger charge is 2.26. The maximum Gasteiger partial charge on any atom is 0.270 e. The lowest BCUT2D eigenvalue weighted by atomic mass is 10.00. The van der Waals surface area contributed by atoms with E-state index in [1.54, 1.807) is 12.1 Å². The van der Waals surface area contributed by atoms with E-state index in [-0.39, 0.29) is 16.7 Å². The van der Waals surface area contributed by atoms with Gasteiger partial charge in [-0.3, -0.25) is 10.1 Å². The van der Waals surface area contributed by atoms with Crippen molar-refractivity contribution in [2.75, 3.05) is 13.1 Å². The summed E-state index contributed by atoms with van der Waals surface area (Å²) >= 11 is 0. The first-order valence-electron chi connectivity index (χ1n) is 10.3. The Kier molecular flexibility index (Phi) is 4.81. The molecular formula is C25H22N2O3. The van der Waals surface area contributed by atoms with Gasteiger partial charge in [0.2, 0.25) is 0 Å². The van der Waals surface area contributed by atoms with E-state index in [0.29, 0.717) is 0 Å². The molecule has 0 bridgehead atoms. The molecule has 150 valence electrons. The van der Waals surface area contributed by atoms with E-state index >= 15 is 0 Å². The number of fused-ring (bicyclic) bond motifs is 3. The summed E-state index contributed by atoms with van der Waals surface area (Å²) < 4.78 is 6.34. The van der Waals surface area contributed by atoms with Crippen LogP contribution in [0, 0.1) is 10.1 Å². The van der Waals surface area contributed by atoms with Crippen LogP contribution in [0.2, 0.25) is 0 Å². The molecule has 3 aromatic carbocycles. The van der Waals surface area contributed by atoms with Crippen LogP contribution in [0.15, 0.2) is 66.7 Å². The van der Waals surface area contributed by atoms with E-state index in [9.17, 15) is 10.1 Å². The summed E-state index contributed by atoms with van der Waals surface area (Å²) in [5.41, 5.74) is 6.19. The smallest absolute Gasteiger partial charge is 0.270 e. The van der Waals surface area contributed by atoms with Gasteiger partial charge >= 0.3 is 0 Å². The topological polar surface area (TPSA) is 64.4 Å². The van der Waals surface area contributed by atoms with Gasteiger partial charge in [-0.05, 0) is 72.0 Å². The van der Waals surface area contributed by atoms with Crippen LogP contribution in [-0.4, -0.2) is 24.1 Å². The van der Waals surface area contributed by atoms with Gasteiger partial charge in [-0.25, -0.2) is 0 Å². The number of nitrogens with zero attached hydrogens (tertiary/aromatic N) is 1. The van der Waals surface area contributed by atoms with Crippen LogP contribution in [0.25, 0.3) is 22.8 Å². The lowest BCUT2D eigenvalue weighted by Crippen LogP contribution is -2.34. The van der Waals surface area contributed by atoms with Crippen molar-refractivity contribution >= 4 is 17.3 Å². The summed E-state index contributed by atoms with van der Waals surface area (Å²) in [4.78, 5) is 11.0. The Labute approximate surface area is 175 Å². The van der Waals surface area contributed by atoms with Gasteiger partial charge in [0.1, 0.15) is 11.9 Å². The molecular weight excluding hydrogens is 376 g/mol. The second-order valence-corrected chi connectivity index (χ2v) is 7.70. The number of nitro groups is 1. The molecule has 2 aliphatic rings. The molecule has 5 rings (SSSR count). The lowest BCUT2D eigenvalue weighted by molar-refractivity contribution is -0.384. The molecule has 30 heavy (non-hydrogen) atoms. The highest BCUT2D eigenvalue weighted by Crippen LogP contribution is 2.46. The molecule has 5 nitrogen and oxygen atoms in total. The molecule has 0 radical (unpaired) electrons. The number of rotatable bonds is 4. The quantitative estimate of drug-likeness (QED) is 0.374. The Bertz CT molecular complexity index is 1150. The number of hydrogen-bond donors (Lipinski definition) is 1. The third-order valence-corrected chi connectivity index (χ3v) is 5.81. The maximum atomic E-state index is 11.4. The normalized spacial score (nSPS) is 16.9. The molecule has 1 saturated heterocycles. The lowest BCUT2D eigenvalue weighted by Gasteiger charge is -2.24. The first-order valence-corrected chi connectivity index (χ1v) is 10.3. The van der Waals surface area contributed by atoms with Crippen molar-refractivity contribution in [3.63, 3.8) is 0 Å². The molecule has 5 heteroatoms. The minimum absolute atomic E-state index is 0.103. The SMILES string of the molecule is O=[N+]([O-])c1ccc2c(c1)C(=Cc1ccccc1OC1CCNCC1)c1ccccc1-2. The molecule has 1 fully saturated rings. The number of piperidine rings is 1. The van der Waals surface area contributed by atoms with Gasteiger partial charge in [0.15, 0.2) is 0 Å². The Morgan fingerprint density at radius 3 is 2.40 bits per heavy atom. The van der Waals surface area contributed by atoms with Gasteiger partial charge < -0.3 is 10.1 Å². The molecule has 0 unspecified atom stereocenters. The number of non-ortho nitro benzene ring substituents is 1. The molecule has 1 heterocycles. The van der Waals surface area contributed by atoms with Gasteiger partial charge in [-0.2, -0.15) is 0 Å². The van der Waals surface area contributed by atoms with E-state index < -0.39 is 0 Å². The van der Waals surface area contributed by atoms with E-state index in [1.807, 2.05) is 42.5 Å². The number of ether oxygens (including phenoxy) is 1. The van der Waals surface area contributed by atoms with E-state index in [2.05, 4.69) is 23.5 Å². The largest absolute Gasteiger partial charge is 0.490 e. The first-order chi connectivity index (χ1) is 14.7. The molecule has 3 aromatic rings. The third-order valence-electron chi connectivity index (χ3n) is 5.81. The second kappa shape index (κ2) is 7.76. The Morgan fingerprint density at radius 2 is 1.60 bits per heavy atom. The molecule has 0 spiro atoms. The van der Waals surface area contributed by atoms with Gasteiger partial charge in [-0.15, -0.1) is 0 Å². The zero-order chi connectivity index (χ0) is 20.5. The number of nitrogens with one attached hydrogen (secondary N) is 1. The highest BCUT2D eigenvalue weighted by molar-refractivity contribution is 6.07. The Balaban J connectivity index is 1.61. The first kappa shape index (κ1) is 18.6. The summed E-state index contributed by atoms with van der Waals surface area (Å²) in [5.74, 6) is 0.855. The zero-order valence-corrected chi connectivity index (χ0v) is 16.5. The Hall–Kier alpha value is -3.44. The van der Waals surface area contributed by atoms with E-state index in [1.165, 1.54) is 0 Å². The van der Waals surface area contributed by atoms with Crippen LogP contribution in [0.3, 0.4) is 0 Å². The van der Waals surface area contributed by atoms with Crippen molar-refractivity contribution in [3.8, 4) is 16.9 Å². The van der Waals surface area contributed by atoms with Crippen molar-refractivity contribution in [1.82, 2.24) is 5.32 Å². The van der Waals surface area contributed by atoms with Crippen molar-refractivity contribution in [2.45, 2.75) is 18.9 Å². The number of benzene rings is 3. The second-order valence-electron chi connectivity index (χ2n) is 7.70. The molecule has 0 amide bonds. The summed E-state index contributed by atoms with van der Waals surface area (Å²) in [6.07, 6.45) is 4.28. The summed E-state index contributed by atoms with van der Waals surface area (Å²) in [7, 11) is 0. The number of hydrogen-bond acceptors (Lipinski definition) is 4. The van der Waals surface area contributed by atoms with Crippen molar-refractivity contribution in [1.29, 1.82) is 0 Å². The minimum atomic E-state index is -0.338. The van der Waals surface area contributed by atoms with Gasteiger partial charge in [0.05, 0.1) is 4.92 Å². The van der Waals surface area contributed by atoms with Gasteiger partial charge in [-0.1, -0.05) is 42.5 Å². The standard InChI is InChI=1S/C25H22N2O3/c28-27(29)18-9-10-22-20-6-2-3-7-21(20)23(24(22)16-18)15-17-5-1-4-8-25(17)30-19-11-13-26-14-12-19/h1-10,15-16,19,26H,11-14H2. The summed E-state index contributed by atoms with van der Waals surface area (Å²) in [6, 6.07) is 21.3. The van der Waals surface area contributed by atoms with Crippen molar-refractivity contribution in [3.05, 3.63) is 93.5 Å². The van der Waals surface area contributed by atoms with E-state index in [0.717, 1.165) is 65.1 Å². The summed E-state index contributed by atoms with van der Waals surface area (Å²) in [6.45, 7) is 1.94. The average molecular weight is 398 g/mol. The highest BCUT2D eigenvalue weighted by atomic mass is 16.6. The minimum Gasteiger partial charge on any atom is -0.490 e. The van der Waals surface area contributed by atoms with Crippen LogP contribution in [0.5, 0.6) is 5.75 Å². The van der Waals surface area contributed by atoms with Crippen molar-refractivity contribution < 1.29 is 9.66 Å². The number of nitro benzene ring substituents is 1. The zero-order valence-electron chi connectivity index (χ0n) is 16.5. The van der Waals surface area contributed by atoms with Crippen LogP contribution >= 0.6 is 0 Å². The molecule has 1 aliphatic heterocycles. The molecule has 1 aliphatic carbocycles. The van der Waals surface area contributed by atoms with Gasteiger partial charge in [0.25, 0.3) is 5.69 Å². The predicted octanol–water partition coefficient (Wildman–Crippen LogP) is 5.29. The monoisotopic (exact) mass is 398 g/mol.